The molecule has 0 fully saturated rings. The fraction of sp³-hybridized carbons (Fsp3) is 0.0500. The summed E-state index contributed by atoms with van der Waals surface area (Å²) in [6.45, 7) is 0. The lowest BCUT2D eigenvalue weighted by Gasteiger charge is -2.07. The topological polar surface area (TPSA) is 44.6 Å². The molecule has 0 heterocycles. The molecule has 0 aliphatic heterocycles. The summed E-state index contributed by atoms with van der Waals surface area (Å²) in [5.41, 5.74) is 6.59. The number of phenols is 1. The number of hydrogen-bond acceptors (Lipinski definition) is 3. The number of hydrazone groups is 1. The second kappa shape index (κ2) is 7.66. The molecule has 3 aromatic carbocycles. The van der Waals surface area contributed by atoms with E-state index in [-0.39, 0.29) is 5.75 Å². The average Bonchev–Trinajstić information content (AvgIpc) is 2.60. The van der Waals surface area contributed by atoms with E-state index < -0.39 is 0 Å². The van der Waals surface area contributed by atoms with Gasteiger partial charge in [-0.25, -0.2) is 0 Å². The van der Waals surface area contributed by atoms with Crippen LogP contribution in [-0.2, 0) is 6.42 Å². The van der Waals surface area contributed by atoms with E-state index in [0.717, 1.165) is 21.8 Å². The molecule has 0 bridgehead atoms. The summed E-state index contributed by atoms with van der Waals surface area (Å²) in [4.78, 5) is 0. The third-order valence-corrected chi connectivity index (χ3v) is 3.98. The van der Waals surface area contributed by atoms with Crippen LogP contribution in [0.25, 0.3) is 0 Å². The van der Waals surface area contributed by atoms with Gasteiger partial charge in [0.25, 0.3) is 0 Å². The number of phenolic OH excluding ortho intramolecular Hbond substituents is 1. The summed E-state index contributed by atoms with van der Waals surface area (Å²) in [5.74, 6) is 0.191. The molecule has 0 saturated heterocycles. The molecule has 120 valence electrons. The van der Waals surface area contributed by atoms with Crippen molar-refractivity contribution < 1.29 is 5.11 Å². The number of rotatable bonds is 5. The summed E-state index contributed by atoms with van der Waals surface area (Å²) in [5, 5.41) is 14.9. The molecule has 24 heavy (non-hydrogen) atoms. The Balaban J connectivity index is 1.75. The Morgan fingerprint density at radius 2 is 1.71 bits per heavy atom. The first-order valence-electron chi connectivity index (χ1n) is 7.62. The van der Waals surface area contributed by atoms with E-state index in [1.165, 1.54) is 0 Å². The first-order valence-corrected chi connectivity index (χ1v) is 7.99. The van der Waals surface area contributed by atoms with Gasteiger partial charge in [-0.05, 0) is 47.9 Å². The largest absolute Gasteiger partial charge is 0.507 e. The Labute approximate surface area is 146 Å². The molecule has 0 unspecified atom stereocenters. The Kier molecular flexibility index (Phi) is 5.14. The third-order valence-electron chi connectivity index (χ3n) is 3.62. The van der Waals surface area contributed by atoms with Gasteiger partial charge in [0.1, 0.15) is 5.75 Å². The van der Waals surface area contributed by atoms with E-state index in [4.69, 9.17) is 11.6 Å². The van der Waals surface area contributed by atoms with Crippen molar-refractivity contribution in [3.63, 3.8) is 0 Å². The maximum atomic E-state index is 10.0. The predicted molar refractivity (Wildman–Crippen MR) is 100 cm³/mol. The summed E-state index contributed by atoms with van der Waals surface area (Å²) in [6, 6.07) is 22.9. The highest BCUT2D eigenvalue weighted by atomic mass is 35.5. The third kappa shape index (κ3) is 4.15. The normalized spacial score (nSPS) is 10.9. The minimum absolute atomic E-state index is 0.191. The zero-order valence-electron chi connectivity index (χ0n) is 13.0. The van der Waals surface area contributed by atoms with Crippen LogP contribution in [0.3, 0.4) is 0 Å². The Hall–Kier alpha value is -2.78. The van der Waals surface area contributed by atoms with Crippen LogP contribution >= 0.6 is 11.6 Å². The van der Waals surface area contributed by atoms with Crippen molar-refractivity contribution in [1.29, 1.82) is 0 Å². The van der Waals surface area contributed by atoms with Crippen molar-refractivity contribution >= 4 is 23.5 Å². The zero-order chi connectivity index (χ0) is 16.8. The van der Waals surface area contributed by atoms with E-state index in [1.807, 2.05) is 66.7 Å². The maximum Gasteiger partial charge on any atom is 0.124 e. The van der Waals surface area contributed by atoms with Crippen LogP contribution in [0.4, 0.5) is 5.69 Å². The minimum atomic E-state index is 0.191. The lowest BCUT2D eigenvalue weighted by molar-refractivity contribution is 0.474. The SMILES string of the molecule is Oc1ccc(Cc2ccccc2Cl)cc1/C=N\Nc1ccccc1. The fourth-order valence-electron chi connectivity index (χ4n) is 2.37. The molecule has 3 nitrogen and oxygen atoms in total. The van der Waals surface area contributed by atoms with Crippen molar-refractivity contribution in [2.75, 3.05) is 5.43 Å². The molecular formula is C20H17ClN2O. The van der Waals surface area contributed by atoms with Crippen molar-refractivity contribution in [3.8, 4) is 5.75 Å². The molecule has 3 aromatic rings. The maximum absolute atomic E-state index is 10.0. The van der Waals surface area contributed by atoms with Crippen LogP contribution in [0.15, 0.2) is 77.9 Å². The van der Waals surface area contributed by atoms with Gasteiger partial charge in [-0.3, -0.25) is 5.43 Å². The molecule has 0 aliphatic rings. The monoisotopic (exact) mass is 336 g/mol. The van der Waals surface area contributed by atoms with Gasteiger partial charge in [0.05, 0.1) is 11.9 Å². The summed E-state index contributed by atoms with van der Waals surface area (Å²) in [7, 11) is 0. The van der Waals surface area contributed by atoms with Gasteiger partial charge in [0, 0.05) is 10.6 Å². The first-order chi connectivity index (χ1) is 11.7. The van der Waals surface area contributed by atoms with E-state index >= 15 is 0 Å². The summed E-state index contributed by atoms with van der Waals surface area (Å²) < 4.78 is 0. The van der Waals surface area contributed by atoms with Crippen molar-refractivity contribution in [2.45, 2.75) is 6.42 Å². The number of benzene rings is 3. The number of nitrogens with one attached hydrogen (secondary N) is 1. The zero-order valence-corrected chi connectivity index (χ0v) is 13.7. The highest BCUT2D eigenvalue weighted by molar-refractivity contribution is 6.31. The van der Waals surface area contributed by atoms with Crippen LogP contribution in [0, 0.1) is 0 Å². The lowest BCUT2D eigenvalue weighted by atomic mass is 10.0. The summed E-state index contributed by atoms with van der Waals surface area (Å²) >= 11 is 6.21. The van der Waals surface area contributed by atoms with Gasteiger partial charge in [-0.1, -0.05) is 54.1 Å². The molecule has 4 heteroatoms. The molecule has 0 spiro atoms. The Morgan fingerprint density at radius 1 is 0.958 bits per heavy atom. The van der Waals surface area contributed by atoms with Crippen LogP contribution in [0.1, 0.15) is 16.7 Å². The lowest BCUT2D eigenvalue weighted by Crippen LogP contribution is -1.94. The van der Waals surface area contributed by atoms with Crippen molar-refractivity contribution in [1.82, 2.24) is 0 Å². The smallest absolute Gasteiger partial charge is 0.124 e. The molecule has 0 amide bonds. The van der Waals surface area contributed by atoms with Gasteiger partial charge in [0.15, 0.2) is 0 Å². The van der Waals surface area contributed by atoms with Crippen molar-refractivity contribution in [3.05, 3.63) is 94.5 Å². The number of halogens is 1. The number of anilines is 1. The van der Waals surface area contributed by atoms with Crippen LogP contribution in [-0.4, -0.2) is 11.3 Å². The van der Waals surface area contributed by atoms with Crippen LogP contribution < -0.4 is 5.43 Å². The quantitative estimate of drug-likeness (QED) is 0.504. The summed E-state index contributed by atoms with van der Waals surface area (Å²) in [6.07, 6.45) is 2.31. The molecule has 0 aromatic heterocycles. The van der Waals surface area contributed by atoms with Crippen molar-refractivity contribution in [2.24, 2.45) is 5.10 Å². The number of nitrogens with zero attached hydrogens (tertiary/aromatic N) is 1. The minimum Gasteiger partial charge on any atom is -0.507 e. The predicted octanol–water partition coefficient (Wildman–Crippen LogP) is 5.08. The van der Waals surface area contributed by atoms with Crippen LogP contribution in [0.2, 0.25) is 5.02 Å². The average molecular weight is 337 g/mol. The van der Waals surface area contributed by atoms with E-state index in [1.54, 1.807) is 12.3 Å². The second-order valence-corrected chi connectivity index (χ2v) is 5.80. The molecule has 3 rings (SSSR count). The van der Waals surface area contributed by atoms with Crippen LogP contribution in [0.5, 0.6) is 5.75 Å². The molecule has 0 radical (unpaired) electrons. The second-order valence-electron chi connectivity index (χ2n) is 5.40. The Bertz CT molecular complexity index is 847. The fourth-order valence-corrected chi connectivity index (χ4v) is 2.57. The van der Waals surface area contributed by atoms with E-state index in [9.17, 15) is 5.11 Å². The molecular weight excluding hydrogens is 320 g/mol. The van der Waals surface area contributed by atoms with Gasteiger partial charge in [-0.2, -0.15) is 5.10 Å². The van der Waals surface area contributed by atoms with E-state index in [2.05, 4.69) is 10.5 Å². The molecule has 0 aliphatic carbocycles. The number of para-hydroxylation sites is 1. The van der Waals surface area contributed by atoms with Gasteiger partial charge >= 0.3 is 0 Å². The highest BCUT2D eigenvalue weighted by Gasteiger charge is 2.04. The first kappa shape index (κ1) is 16.1. The van der Waals surface area contributed by atoms with Gasteiger partial charge < -0.3 is 5.11 Å². The number of aromatic hydroxyl groups is 1. The standard InChI is InChI=1S/C20H17ClN2O/c21-19-9-5-4-6-16(19)12-15-10-11-20(24)17(13-15)14-22-23-18-7-2-1-3-8-18/h1-11,13-14,23-24H,12H2/b22-14-. The molecule has 2 N–H and O–H groups in total. The van der Waals surface area contributed by atoms with E-state index in [0.29, 0.717) is 12.0 Å². The highest BCUT2D eigenvalue weighted by Crippen LogP contribution is 2.22. The van der Waals surface area contributed by atoms with Gasteiger partial charge in [0.2, 0.25) is 0 Å². The molecule has 0 saturated carbocycles. The number of hydrogen-bond donors (Lipinski definition) is 2. The molecule has 0 atom stereocenters. The van der Waals surface area contributed by atoms with Gasteiger partial charge in [-0.15, -0.1) is 0 Å². The Morgan fingerprint density at radius 3 is 2.50 bits per heavy atom.